The number of likely N-dealkylation sites (tertiary alicyclic amines) is 1. The van der Waals surface area contributed by atoms with E-state index in [0.717, 1.165) is 44.5 Å². The number of hydrogen-bond donors (Lipinski definition) is 1. The molecule has 3 aromatic rings. The minimum atomic E-state index is 0.0116. The number of para-hydroxylation sites is 1. The number of aromatic amines is 1. The van der Waals surface area contributed by atoms with E-state index in [1.807, 2.05) is 17.0 Å². The molecular weight excluding hydrogens is 348 g/mol. The average Bonchev–Trinajstić information content (AvgIpc) is 3.12. The van der Waals surface area contributed by atoms with E-state index in [9.17, 15) is 4.79 Å². The topological polar surface area (TPSA) is 52.2 Å². The Hall–Kier alpha value is -2.66. The molecule has 1 aromatic carbocycles. The second-order valence-electron chi connectivity index (χ2n) is 8.15. The Labute approximate surface area is 165 Å². The molecule has 144 valence electrons. The molecule has 1 amide bonds. The molecule has 2 aliphatic heterocycles. The number of carbonyl (C=O) groups is 1. The van der Waals surface area contributed by atoms with Gasteiger partial charge in [0.1, 0.15) is 0 Å². The number of amides is 1. The SMILES string of the molecule is CN1CCc2c([nH]c3ccccc23)C12CCN(C(=O)Cc1cccnc1)CC2. The minimum Gasteiger partial charge on any atom is -0.357 e. The van der Waals surface area contributed by atoms with E-state index in [2.05, 4.69) is 46.2 Å². The third-order valence-corrected chi connectivity index (χ3v) is 6.73. The summed E-state index contributed by atoms with van der Waals surface area (Å²) in [7, 11) is 2.24. The molecule has 1 spiro atoms. The summed E-state index contributed by atoms with van der Waals surface area (Å²) in [5.41, 5.74) is 5.08. The van der Waals surface area contributed by atoms with Gasteiger partial charge in [-0.2, -0.15) is 0 Å². The van der Waals surface area contributed by atoms with Crippen molar-refractivity contribution in [1.29, 1.82) is 0 Å². The largest absolute Gasteiger partial charge is 0.357 e. The van der Waals surface area contributed by atoms with Crippen LogP contribution in [0.2, 0.25) is 0 Å². The Bertz CT molecular complexity index is 1000. The third-order valence-electron chi connectivity index (χ3n) is 6.73. The molecule has 0 bridgehead atoms. The molecular formula is C23H26N4O. The summed E-state index contributed by atoms with van der Waals surface area (Å²) in [6.07, 6.45) is 7.00. The number of piperidine rings is 1. The standard InChI is InChI=1S/C23H26N4O/c1-26-12-8-19-18-6-2-3-7-20(18)25-22(19)23(26)9-13-27(14-10-23)21(28)15-17-5-4-11-24-16-17/h2-7,11,16,25H,8-10,12-15H2,1H3. The number of carbonyl (C=O) groups excluding carboxylic acids is 1. The van der Waals surface area contributed by atoms with Crippen LogP contribution in [0, 0.1) is 0 Å². The number of likely N-dealkylation sites (N-methyl/N-ethyl adjacent to an activating group) is 1. The highest BCUT2D eigenvalue weighted by Gasteiger charge is 2.45. The van der Waals surface area contributed by atoms with Crippen LogP contribution in [0.5, 0.6) is 0 Å². The van der Waals surface area contributed by atoms with Crippen LogP contribution < -0.4 is 0 Å². The normalized spacial score (nSPS) is 19.1. The second-order valence-corrected chi connectivity index (χ2v) is 8.15. The lowest BCUT2D eigenvalue weighted by Gasteiger charge is -2.50. The summed E-state index contributed by atoms with van der Waals surface area (Å²) >= 11 is 0. The maximum Gasteiger partial charge on any atom is 0.227 e. The number of aromatic nitrogens is 2. The van der Waals surface area contributed by atoms with Gasteiger partial charge in [0.05, 0.1) is 12.0 Å². The number of fused-ring (bicyclic) bond motifs is 4. The number of rotatable bonds is 2. The highest BCUT2D eigenvalue weighted by molar-refractivity contribution is 5.85. The monoisotopic (exact) mass is 374 g/mol. The van der Waals surface area contributed by atoms with Gasteiger partial charge >= 0.3 is 0 Å². The van der Waals surface area contributed by atoms with Crippen LogP contribution in [0.1, 0.15) is 29.7 Å². The van der Waals surface area contributed by atoms with Gasteiger partial charge in [0, 0.05) is 48.6 Å². The Balaban J connectivity index is 1.39. The molecule has 1 fully saturated rings. The molecule has 0 saturated carbocycles. The Kier molecular flexibility index (Phi) is 4.20. The zero-order valence-electron chi connectivity index (χ0n) is 16.3. The summed E-state index contributed by atoms with van der Waals surface area (Å²) in [5.74, 6) is 0.207. The Morgan fingerprint density at radius 3 is 2.75 bits per heavy atom. The number of benzene rings is 1. The molecule has 2 aromatic heterocycles. The fourth-order valence-corrected chi connectivity index (χ4v) is 5.09. The number of pyridine rings is 1. The maximum atomic E-state index is 12.8. The fraction of sp³-hybridized carbons (Fsp3) is 0.391. The van der Waals surface area contributed by atoms with Crippen molar-refractivity contribution in [3.63, 3.8) is 0 Å². The molecule has 0 radical (unpaired) electrons. The van der Waals surface area contributed by atoms with E-state index in [1.54, 1.807) is 12.4 Å². The van der Waals surface area contributed by atoms with Gasteiger partial charge in [-0.25, -0.2) is 0 Å². The predicted octanol–water partition coefficient (Wildman–Crippen LogP) is 3.11. The molecule has 28 heavy (non-hydrogen) atoms. The van der Waals surface area contributed by atoms with E-state index in [4.69, 9.17) is 0 Å². The second kappa shape index (κ2) is 6.74. The number of H-pyrrole nitrogens is 1. The molecule has 2 aliphatic rings. The van der Waals surface area contributed by atoms with Crippen molar-refractivity contribution in [3.8, 4) is 0 Å². The molecule has 1 saturated heterocycles. The quantitative estimate of drug-likeness (QED) is 0.750. The average molecular weight is 374 g/mol. The van der Waals surface area contributed by atoms with Crippen molar-refractivity contribution in [1.82, 2.24) is 19.8 Å². The van der Waals surface area contributed by atoms with Crippen molar-refractivity contribution in [2.24, 2.45) is 0 Å². The summed E-state index contributed by atoms with van der Waals surface area (Å²) in [5, 5.41) is 1.36. The summed E-state index contributed by atoms with van der Waals surface area (Å²) in [4.78, 5) is 25.2. The number of nitrogens with zero attached hydrogens (tertiary/aromatic N) is 3. The van der Waals surface area contributed by atoms with Crippen molar-refractivity contribution in [2.45, 2.75) is 31.2 Å². The predicted molar refractivity (Wildman–Crippen MR) is 110 cm³/mol. The zero-order valence-corrected chi connectivity index (χ0v) is 16.3. The van der Waals surface area contributed by atoms with E-state index >= 15 is 0 Å². The van der Waals surface area contributed by atoms with Crippen LogP contribution in [0.3, 0.4) is 0 Å². The van der Waals surface area contributed by atoms with Crippen molar-refractivity contribution < 1.29 is 4.79 Å². The fourth-order valence-electron chi connectivity index (χ4n) is 5.09. The van der Waals surface area contributed by atoms with Crippen LogP contribution in [-0.2, 0) is 23.2 Å². The maximum absolute atomic E-state index is 12.8. The van der Waals surface area contributed by atoms with E-state index in [0.29, 0.717) is 6.42 Å². The summed E-state index contributed by atoms with van der Waals surface area (Å²) < 4.78 is 0. The highest BCUT2D eigenvalue weighted by atomic mass is 16.2. The van der Waals surface area contributed by atoms with Crippen LogP contribution in [0.15, 0.2) is 48.8 Å². The summed E-state index contributed by atoms with van der Waals surface area (Å²) in [6.45, 7) is 2.68. The lowest BCUT2D eigenvalue weighted by molar-refractivity contribution is -0.133. The van der Waals surface area contributed by atoms with Crippen LogP contribution in [-0.4, -0.2) is 52.4 Å². The smallest absolute Gasteiger partial charge is 0.227 e. The first-order chi connectivity index (χ1) is 13.7. The van der Waals surface area contributed by atoms with Gasteiger partial charge in [0.15, 0.2) is 0 Å². The van der Waals surface area contributed by atoms with Gasteiger partial charge in [0.25, 0.3) is 0 Å². The van der Waals surface area contributed by atoms with Crippen LogP contribution in [0.25, 0.3) is 10.9 Å². The first kappa shape index (κ1) is 17.4. The van der Waals surface area contributed by atoms with Gasteiger partial charge < -0.3 is 9.88 Å². The van der Waals surface area contributed by atoms with Gasteiger partial charge in [-0.1, -0.05) is 24.3 Å². The third kappa shape index (κ3) is 2.73. The molecule has 5 nitrogen and oxygen atoms in total. The Morgan fingerprint density at radius 1 is 1.14 bits per heavy atom. The van der Waals surface area contributed by atoms with Crippen molar-refractivity contribution in [2.75, 3.05) is 26.7 Å². The zero-order chi connectivity index (χ0) is 19.1. The molecule has 5 heteroatoms. The molecule has 5 rings (SSSR count). The molecule has 1 N–H and O–H groups in total. The van der Waals surface area contributed by atoms with Crippen LogP contribution in [0.4, 0.5) is 0 Å². The molecule has 0 unspecified atom stereocenters. The number of hydrogen-bond acceptors (Lipinski definition) is 3. The van der Waals surface area contributed by atoms with Gasteiger partial charge in [0.2, 0.25) is 5.91 Å². The lowest BCUT2D eigenvalue weighted by atomic mass is 9.78. The molecule has 4 heterocycles. The lowest BCUT2D eigenvalue weighted by Crippen LogP contribution is -2.55. The minimum absolute atomic E-state index is 0.0116. The molecule has 0 aliphatic carbocycles. The molecule has 0 atom stereocenters. The van der Waals surface area contributed by atoms with Gasteiger partial charge in [-0.3, -0.25) is 14.7 Å². The van der Waals surface area contributed by atoms with E-state index in [1.165, 1.54) is 22.2 Å². The van der Waals surface area contributed by atoms with Crippen LogP contribution >= 0.6 is 0 Å². The van der Waals surface area contributed by atoms with E-state index in [-0.39, 0.29) is 11.4 Å². The first-order valence-corrected chi connectivity index (χ1v) is 10.2. The summed E-state index contributed by atoms with van der Waals surface area (Å²) in [6, 6.07) is 12.5. The highest BCUT2D eigenvalue weighted by Crippen LogP contribution is 2.44. The van der Waals surface area contributed by atoms with Gasteiger partial charge in [-0.15, -0.1) is 0 Å². The Morgan fingerprint density at radius 2 is 1.96 bits per heavy atom. The first-order valence-electron chi connectivity index (χ1n) is 10.2. The van der Waals surface area contributed by atoms with Crippen molar-refractivity contribution >= 4 is 16.8 Å². The van der Waals surface area contributed by atoms with Gasteiger partial charge in [-0.05, 0) is 49.6 Å². The number of nitrogens with one attached hydrogen (secondary N) is 1. The van der Waals surface area contributed by atoms with Crippen molar-refractivity contribution in [3.05, 3.63) is 65.6 Å². The van der Waals surface area contributed by atoms with E-state index < -0.39 is 0 Å².